The fourth-order valence-corrected chi connectivity index (χ4v) is 2.76. The highest BCUT2D eigenvalue weighted by atomic mass is 16.5. The Kier molecular flexibility index (Phi) is 4.58. The van der Waals surface area contributed by atoms with Crippen LogP contribution in [0.1, 0.15) is 30.1 Å². The monoisotopic (exact) mass is 303 g/mol. The van der Waals surface area contributed by atoms with Crippen LogP contribution in [0.4, 0.5) is 0 Å². The van der Waals surface area contributed by atoms with Crippen molar-refractivity contribution in [2.24, 2.45) is 0 Å². The lowest BCUT2D eigenvalue weighted by atomic mass is 10.1. The molecule has 1 N–H and O–H groups in total. The number of benzene rings is 1. The number of hydrogen-bond acceptors (Lipinski definition) is 6. The van der Waals surface area contributed by atoms with Crippen molar-refractivity contribution in [1.29, 1.82) is 0 Å². The molecular formula is C16H21N3O3. The molecule has 22 heavy (non-hydrogen) atoms. The minimum absolute atomic E-state index is 0.467. The number of nitrogens with one attached hydrogen (secondary N) is 1. The first-order valence-corrected chi connectivity index (χ1v) is 7.54. The van der Waals surface area contributed by atoms with Crippen LogP contribution in [-0.4, -0.2) is 36.9 Å². The van der Waals surface area contributed by atoms with Gasteiger partial charge in [0.05, 0.1) is 14.2 Å². The van der Waals surface area contributed by atoms with Gasteiger partial charge in [-0.1, -0.05) is 11.2 Å². The predicted octanol–water partition coefficient (Wildman–Crippen LogP) is 1.97. The molecular weight excluding hydrogens is 282 g/mol. The van der Waals surface area contributed by atoms with E-state index in [0.717, 1.165) is 18.5 Å². The fraction of sp³-hybridized carbons (Fsp3) is 0.500. The lowest BCUT2D eigenvalue weighted by Crippen LogP contribution is -2.23. The van der Waals surface area contributed by atoms with E-state index in [1.54, 1.807) is 14.2 Å². The van der Waals surface area contributed by atoms with Crippen LogP contribution in [0.25, 0.3) is 0 Å². The molecule has 1 aliphatic rings. The van der Waals surface area contributed by atoms with E-state index in [9.17, 15) is 0 Å². The molecule has 1 aliphatic heterocycles. The molecule has 2 aromatic rings. The first kappa shape index (κ1) is 14.8. The lowest BCUT2D eigenvalue weighted by Gasteiger charge is -2.08. The maximum Gasteiger partial charge on any atom is 0.228 e. The molecule has 0 saturated carbocycles. The molecule has 1 saturated heterocycles. The van der Waals surface area contributed by atoms with Crippen molar-refractivity contribution < 1.29 is 14.0 Å². The maximum absolute atomic E-state index is 5.34. The minimum atomic E-state index is 0.467. The summed E-state index contributed by atoms with van der Waals surface area (Å²) < 4.78 is 15.9. The van der Waals surface area contributed by atoms with Crippen LogP contribution in [-0.2, 0) is 12.8 Å². The zero-order chi connectivity index (χ0) is 15.4. The van der Waals surface area contributed by atoms with Gasteiger partial charge >= 0.3 is 0 Å². The molecule has 0 bridgehead atoms. The Morgan fingerprint density at radius 1 is 1.27 bits per heavy atom. The van der Waals surface area contributed by atoms with Crippen LogP contribution in [0.5, 0.6) is 11.5 Å². The van der Waals surface area contributed by atoms with Gasteiger partial charge in [0.15, 0.2) is 17.3 Å². The molecule has 1 aromatic carbocycles. The average Bonchev–Trinajstić information content (AvgIpc) is 3.20. The SMILES string of the molecule is COc1ccc(Cc2noc(CC3CCCN3)n2)cc1OC. The third-order valence-electron chi connectivity index (χ3n) is 3.90. The summed E-state index contributed by atoms with van der Waals surface area (Å²) in [6.07, 6.45) is 3.81. The zero-order valence-corrected chi connectivity index (χ0v) is 13.0. The fourth-order valence-electron chi connectivity index (χ4n) is 2.76. The molecule has 0 radical (unpaired) electrons. The second kappa shape index (κ2) is 6.79. The van der Waals surface area contributed by atoms with E-state index < -0.39 is 0 Å². The number of aromatic nitrogens is 2. The summed E-state index contributed by atoms with van der Waals surface area (Å²) in [7, 11) is 3.25. The van der Waals surface area contributed by atoms with Crippen LogP contribution >= 0.6 is 0 Å². The summed E-state index contributed by atoms with van der Waals surface area (Å²) >= 11 is 0. The van der Waals surface area contributed by atoms with Gasteiger partial charge in [0.2, 0.25) is 5.89 Å². The van der Waals surface area contributed by atoms with Gasteiger partial charge < -0.3 is 19.3 Å². The highest BCUT2D eigenvalue weighted by Gasteiger charge is 2.18. The normalized spacial score (nSPS) is 17.6. The molecule has 0 amide bonds. The van der Waals surface area contributed by atoms with Gasteiger partial charge in [-0.05, 0) is 37.1 Å². The van der Waals surface area contributed by atoms with E-state index >= 15 is 0 Å². The third kappa shape index (κ3) is 3.39. The molecule has 1 aromatic heterocycles. The lowest BCUT2D eigenvalue weighted by molar-refractivity contribution is 0.354. The number of nitrogens with zero attached hydrogens (tertiary/aromatic N) is 2. The zero-order valence-electron chi connectivity index (χ0n) is 13.0. The molecule has 2 heterocycles. The molecule has 1 fully saturated rings. The smallest absolute Gasteiger partial charge is 0.228 e. The summed E-state index contributed by atoms with van der Waals surface area (Å²) in [4.78, 5) is 4.48. The Hall–Kier alpha value is -2.08. The first-order valence-electron chi connectivity index (χ1n) is 7.54. The van der Waals surface area contributed by atoms with Crippen LogP contribution in [0.15, 0.2) is 22.7 Å². The second-order valence-electron chi connectivity index (χ2n) is 5.47. The van der Waals surface area contributed by atoms with Gasteiger partial charge in [0.1, 0.15) is 0 Å². The van der Waals surface area contributed by atoms with Gasteiger partial charge in [-0.2, -0.15) is 4.98 Å². The molecule has 6 heteroatoms. The number of hydrogen-bond donors (Lipinski definition) is 1. The topological polar surface area (TPSA) is 69.4 Å². The van der Waals surface area contributed by atoms with Crippen molar-refractivity contribution >= 4 is 0 Å². The van der Waals surface area contributed by atoms with Gasteiger partial charge in [0.25, 0.3) is 0 Å². The standard InChI is InChI=1S/C16H21N3O3/c1-20-13-6-5-11(8-14(13)21-2)9-15-18-16(22-19-15)10-12-4-3-7-17-12/h5-6,8,12,17H,3-4,7,9-10H2,1-2H3. The molecule has 0 aliphatic carbocycles. The Morgan fingerprint density at radius 3 is 2.86 bits per heavy atom. The van der Waals surface area contributed by atoms with Crippen LogP contribution in [0.3, 0.4) is 0 Å². The Morgan fingerprint density at radius 2 is 2.14 bits per heavy atom. The maximum atomic E-state index is 5.34. The van der Waals surface area contributed by atoms with E-state index in [2.05, 4.69) is 15.5 Å². The summed E-state index contributed by atoms with van der Waals surface area (Å²) in [5, 5.41) is 7.50. The summed E-state index contributed by atoms with van der Waals surface area (Å²) in [6, 6.07) is 6.27. The number of ether oxygens (including phenoxy) is 2. The van der Waals surface area contributed by atoms with Crippen molar-refractivity contribution in [2.75, 3.05) is 20.8 Å². The predicted molar refractivity (Wildman–Crippen MR) is 81.4 cm³/mol. The molecule has 1 atom stereocenters. The second-order valence-corrected chi connectivity index (χ2v) is 5.47. The summed E-state index contributed by atoms with van der Waals surface area (Å²) in [5.41, 5.74) is 1.06. The van der Waals surface area contributed by atoms with Crippen LogP contribution in [0, 0.1) is 0 Å². The Balaban J connectivity index is 1.66. The summed E-state index contributed by atoms with van der Waals surface area (Å²) in [5.74, 6) is 2.82. The van der Waals surface area contributed by atoms with Crippen LogP contribution < -0.4 is 14.8 Å². The van der Waals surface area contributed by atoms with Crippen molar-refractivity contribution in [1.82, 2.24) is 15.5 Å². The van der Waals surface area contributed by atoms with Crippen LogP contribution in [0.2, 0.25) is 0 Å². The average molecular weight is 303 g/mol. The highest BCUT2D eigenvalue weighted by Crippen LogP contribution is 2.28. The van der Waals surface area contributed by atoms with Gasteiger partial charge in [-0.3, -0.25) is 0 Å². The minimum Gasteiger partial charge on any atom is -0.493 e. The van der Waals surface area contributed by atoms with Crippen molar-refractivity contribution in [2.45, 2.75) is 31.7 Å². The van der Waals surface area contributed by atoms with Crippen molar-refractivity contribution in [3.8, 4) is 11.5 Å². The van der Waals surface area contributed by atoms with Gasteiger partial charge in [-0.25, -0.2) is 0 Å². The van der Waals surface area contributed by atoms with E-state index in [0.29, 0.717) is 35.7 Å². The third-order valence-corrected chi connectivity index (χ3v) is 3.90. The molecule has 118 valence electrons. The quantitative estimate of drug-likeness (QED) is 0.880. The molecule has 3 rings (SSSR count). The molecule has 1 unspecified atom stereocenters. The van der Waals surface area contributed by atoms with E-state index in [1.807, 2.05) is 18.2 Å². The van der Waals surface area contributed by atoms with E-state index in [1.165, 1.54) is 12.8 Å². The highest BCUT2D eigenvalue weighted by molar-refractivity contribution is 5.43. The summed E-state index contributed by atoms with van der Waals surface area (Å²) in [6.45, 7) is 1.08. The Bertz CT molecular complexity index is 621. The van der Waals surface area contributed by atoms with Gasteiger partial charge in [0, 0.05) is 18.9 Å². The molecule has 6 nitrogen and oxygen atoms in total. The Labute approximate surface area is 129 Å². The van der Waals surface area contributed by atoms with Gasteiger partial charge in [-0.15, -0.1) is 0 Å². The largest absolute Gasteiger partial charge is 0.493 e. The molecule has 0 spiro atoms. The van der Waals surface area contributed by atoms with Crippen molar-refractivity contribution in [3.63, 3.8) is 0 Å². The number of methoxy groups -OCH3 is 2. The van der Waals surface area contributed by atoms with Crippen molar-refractivity contribution in [3.05, 3.63) is 35.5 Å². The van der Waals surface area contributed by atoms with E-state index in [-0.39, 0.29) is 0 Å². The van der Waals surface area contributed by atoms with E-state index in [4.69, 9.17) is 14.0 Å². The number of rotatable bonds is 6. The first-order chi connectivity index (χ1) is 10.8.